The Balaban J connectivity index is 2.08. The van der Waals surface area contributed by atoms with E-state index < -0.39 is 11.6 Å². The summed E-state index contributed by atoms with van der Waals surface area (Å²) in [5.41, 5.74) is 1.25. The fourth-order valence-electron chi connectivity index (χ4n) is 2.19. The number of rotatable bonds is 6. The first-order valence-corrected chi connectivity index (χ1v) is 8.90. The summed E-state index contributed by atoms with van der Waals surface area (Å²) in [6.07, 6.45) is 0. The van der Waals surface area contributed by atoms with Gasteiger partial charge in [0.1, 0.15) is 11.6 Å². The number of guanidine groups is 1. The van der Waals surface area contributed by atoms with Gasteiger partial charge in [-0.2, -0.15) is 0 Å². The molecule has 2 rings (SSSR count). The number of thiazole rings is 1. The lowest BCUT2D eigenvalue weighted by Crippen LogP contribution is -2.39. The summed E-state index contributed by atoms with van der Waals surface area (Å²) in [4.78, 5) is 10.9. The summed E-state index contributed by atoms with van der Waals surface area (Å²) in [6.45, 7) is 4.84. The second kappa shape index (κ2) is 8.75. The number of aliphatic imine (C=N–C) groups is 1. The van der Waals surface area contributed by atoms with Crippen LogP contribution in [0.3, 0.4) is 0 Å². The Labute approximate surface area is 150 Å². The van der Waals surface area contributed by atoms with Crippen molar-refractivity contribution in [2.45, 2.75) is 26.4 Å². The highest BCUT2D eigenvalue weighted by molar-refractivity contribution is 7.13. The number of nitrogens with one attached hydrogen (secondary N) is 2. The minimum Gasteiger partial charge on any atom is -0.357 e. The molecule has 0 radical (unpaired) electrons. The molecular weight excluding hydrogens is 344 g/mol. The SMILES string of the molecule is CCNC(=NCc1csc(N(C)C)n1)NC(C)c1ccc(F)cc1F. The van der Waals surface area contributed by atoms with Gasteiger partial charge in [0, 0.05) is 37.6 Å². The van der Waals surface area contributed by atoms with Crippen molar-refractivity contribution in [3.63, 3.8) is 0 Å². The number of halogens is 2. The highest BCUT2D eigenvalue weighted by Gasteiger charge is 2.13. The lowest BCUT2D eigenvalue weighted by Gasteiger charge is -2.18. The smallest absolute Gasteiger partial charge is 0.192 e. The Kier molecular flexibility index (Phi) is 6.69. The summed E-state index contributed by atoms with van der Waals surface area (Å²) in [5.74, 6) is -0.613. The number of benzene rings is 1. The second-order valence-electron chi connectivity index (χ2n) is 5.74. The van der Waals surface area contributed by atoms with Gasteiger partial charge in [0.2, 0.25) is 0 Å². The van der Waals surface area contributed by atoms with Crippen LogP contribution in [0.5, 0.6) is 0 Å². The van der Waals surface area contributed by atoms with Crippen LogP contribution in [-0.4, -0.2) is 31.6 Å². The second-order valence-corrected chi connectivity index (χ2v) is 6.58. The van der Waals surface area contributed by atoms with Crippen molar-refractivity contribution in [2.24, 2.45) is 4.99 Å². The van der Waals surface area contributed by atoms with Gasteiger partial charge in [-0.25, -0.2) is 18.8 Å². The Morgan fingerprint density at radius 2 is 2.12 bits per heavy atom. The first-order chi connectivity index (χ1) is 11.9. The van der Waals surface area contributed by atoms with Gasteiger partial charge in [-0.3, -0.25) is 0 Å². The lowest BCUT2D eigenvalue weighted by atomic mass is 10.1. The van der Waals surface area contributed by atoms with Crippen molar-refractivity contribution < 1.29 is 8.78 Å². The van der Waals surface area contributed by atoms with E-state index in [2.05, 4.69) is 20.6 Å². The molecule has 25 heavy (non-hydrogen) atoms. The fraction of sp³-hybridized carbons (Fsp3) is 0.412. The average molecular weight is 367 g/mol. The van der Waals surface area contributed by atoms with E-state index in [0.29, 0.717) is 24.6 Å². The van der Waals surface area contributed by atoms with Crippen molar-refractivity contribution in [3.05, 3.63) is 46.5 Å². The van der Waals surface area contributed by atoms with Crippen LogP contribution < -0.4 is 15.5 Å². The fourth-order valence-corrected chi connectivity index (χ4v) is 2.94. The molecule has 0 fully saturated rings. The van der Waals surface area contributed by atoms with Gasteiger partial charge in [-0.15, -0.1) is 11.3 Å². The van der Waals surface area contributed by atoms with Crippen molar-refractivity contribution >= 4 is 22.4 Å². The molecule has 2 N–H and O–H groups in total. The Bertz CT molecular complexity index is 730. The van der Waals surface area contributed by atoms with Gasteiger partial charge in [0.05, 0.1) is 18.3 Å². The van der Waals surface area contributed by atoms with Crippen LogP contribution in [0.1, 0.15) is 31.1 Å². The van der Waals surface area contributed by atoms with E-state index in [0.717, 1.165) is 16.9 Å². The first kappa shape index (κ1) is 19.1. The van der Waals surface area contributed by atoms with E-state index in [9.17, 15) is 8.78 Å². The number of hydrogen-bond acceptors (Lipinski definition) is 4. The molecule has 0 saturated carbocycles. The molecule has 8 heteroatoms. The normalized spacial score (nSPS) is 12.8. The standard InChI is InChI=1S/C17H23F2N5S/c1-5-20-16(21-9-13-10-25-17(23-13)24(3)4)22-11(2)14-7-6-12(18)8-15(14)19/h6-8,10-11H,5,9H2,1-4H3,(H2,20,21,22). The van der Waals surface area contributed by atoms with Crippen LogP contribution in [-0.2, 0) is 6.54 Å². The third-order valence-electron chi connectivity index (χ3n) is 3.45. The highest BCUT2D eigenvalue weighted by atomic mass is 32.1. The largest absolute Gasteiger partial charge is 0.357 e. The molecule has 5 nitrogen and oxygen atoms in total. The van der Waals surface area contributed by atoms with Crippen molar-refractivity contribution in [1.82, 2.24) is 15.6 Å². The quantitative estimate of drug-likeness (QED) is 0.608. The van der Waals surface area contributed by atoms with Gasteiger partial charge >= 0.3 is 0 Å². The molecule has 0 aliphatic rings. The molecule has 2 aromatic rings. The van der Waals surface area contributed by atoms with E-state index in [1.165, 1.54) is 12.1 Å². The molecule has 0 saturated heterocycles. The van der Waals surface area contributed by atoms with E-state index in [4.69, 9.17) is 0 Å². The molecule has 1 aromatic carbocycles. The molecule has 0 amide bonds. The molecule has 0 aliphatic heterocycles. The number of nitrogens with zero attached hydrogens (tertiary/aromatic N) is 3. The maximum Gasteiger partial charge on any atom is 0.192 e. The maximum atomic E-state index is 13.9. The zero-order valence-electron chi connectivity index (χ0n) is 14.8. The summed E-state index contributed by atoms with van der Waals surface area (Å²) < 4.78 is 27.0. The zero-order chi connectivity index (χ0) is 18.4. The lowest BCUT2D eigenvalue weighted by molar-refractivity contribution is 0.551. The molecule has 0 aliphatic carbocycles. The predicted octanol–water partition coefficient (Wildman–Crippen LogP) is 3.30. The van der Waals surface area contributed by atoms with Crippen LogP contribution in [0.2, 0.25) is 0 Å². The maximum absolute atomic E-state index is 13.9. The summed E-state index contributed by atoms with van der Waals surface area (Å²) in [6, 6.07) is 3.22. The van der Waals surface area contributed by atoms with Crippen LogP contribution in [0.15, 0.2) is 28.6 Å². The topological polar surface area (TPSA) is 52.6 Å². The zero-order valence-corrected chi connectivity index (χ0v) is 15.6. The van der Waals surface area contributed by atoms with Crippen LogP contribution in [0, 0.1) is 11.6 Å². The summed E-state index contributed by atoms with van der Waals surface area (Å²) in [5, 5.41) is 9.14. The van der Waals surface area contributed by atoms with E-state index in [-0.39, 0.29) is 6.04 Å². The number of anilines is 1. The van der Waals surface area contributed by atoms with Crippen LogP contribution in [0.4, 0.5) is 13.9 Å². The number of hydrogen-bond donors (Lipinski definition) is 2. The average Bonchev–Trinajstić information content (AvgIpc) is 3.02. The molecule has 0 spiro atoms. The van der Waals surface area contributed by atoms with Gasteiger partial charge < -0.3 is 15.5 Å². The molecule has 1 atom stereocenters. The van der Waals surface area contributed by atoms with Crippen LogP contribution >= 0.6 is 11.3 Å². The van der Waals surface area contributed by atoms with Gasteiger partial charge in [0.25, 0.3) is 0 Å². The van der Waals surface area contributed by atoms with Crippen molar-refractivity contribution in [2.75, 3.05) is 25.5 Å². The highest BCUT2D eigenvalue weighted by Crippen LogP contribution is 2.19. The molecule has 0 bridgehead atoms. The summed E-state index contributed by atoms with van der Waals surface area (Å²) >= 11 is 1.56. The summed E-state index contributed by atoms with van der Waals surface area (Å²) in [7, 11) is 3.88. The molecule has 136 valence electrons. The van der Waals surface area contributed by atoms with Crippen molar-refractivity contribution in [3.8, 4) is 0 Å². The minimum absolute atomic E-state index is 0.355. The monoisotopic (exact) mass is 367 g/mol. The van der Waals surface area contributed by atoms with Gasteiger partial charge in [0.15, 0.2) is 11.1 Å². The van der Waals surface area contributed by atoms with Gasteiger partial charge in [-0.1, -0.05) is 6.07 Å². The molecule has 1 unspecified atom stereocenters. The Morgan fingerprint density at radius 3 is 2.72 bits per heavy atom. The third kappa shape index (κ3) is 5.38. The Hall–Kier alpha value is -2.22. The van der Waals surface area contributed by atoms with Crippen LogP contribution in [0.25, 0.3) is 0 Å². The van der Waals surface area contributed by atoms with E-state index in [1.54, 1.807) is 18.3 Å². The van der Waals surface area contributed by atoms with Gasteiger partial charge in [-0.05, 0) is 19.9 Å². The number of aromatic nitrogens is 1. The minimum atomic E-state index is -0.589. The molecular formula is C17H23F2N5S. The third-order valence-corrected chi connectivity index (χ3v) is 4.50. The molecule has 1 heterocycles. The van der Waals surface area contributed by atoms with E-state index >= 15 is 0 Å². The van der Waals surface area contributed by atoms with Crippen molar-refractivity contribution in [1.29, 1.82) is 0 Å². The first-order valence-electron chi connectivity index (χ1n) is 8.02. The van der Waals surface area contributed by atoms with E-state index in [1.807, 2.05) is 31.3 Å². The molecule has 1 aromatic heterocycles. The Morgan fingerprint density at radius 1 is 1.36 bits per heavy atom. The predicted molar refractivity (Wildman–Crippen MR) is 99.2 cm³/mol.